The van der Waals surface area contributed by atoms with E-state index in [9.17, 15) is 4.39 Å². The van der Waals surface area contributed by atoms with E-state index in [0.29, 0.717) is 0 Å². The molecule has 0 aliphatic rings. The summed E-state index contributed by atoms with van der Waals surface area (Å²) in [6, 6.07) is 5.56. The largest absolute Gasteiger partial charge is 0.408 e. The lowest BCUT2D eigenvalue weighted by Gasteiger charge is -1.98. The van der Waals surface area contributed by atoms with Gasteiger partial charge in [0.2, 0.25) is 0 Å². The summed E-state index contributed by atoms with van der Waals surface area (Å²) in [5.74, 6) is 4.02. The van der Waals surface area contributed by atoms with Crippen molar-refractivity contribution in [2.75, 3.05) is 0 Å². The average molecular weight is 152 g/mol. The Balaban J connectivity index is 3.12. The van der Waals surface area contributed by atoms with Gasteiger partial charge in [0, 0.05) is 0 Å². The average Bonchev–Trinajstić information content (AvgIpc) is 2.04. The van der Waals surface area contributed by atoms with Crippen LogP contribution in [0.2, 0.25) is 0 Å². The van der Waals surface area contributed by atoms with Crippen LogP contribution in [-0.2, 0) is 0 Å². The van der Waals surface area contributed by atoms with Crippen LogP contribution >= 0.6 is 0 Å². The fourth-order valence-electron chi connectivity index (χ4n) is 0.666. The molecule has 0 unspecified atom stereocenters. The van der Waals surface area contributed by atoms with Crippen LogP contribution in [0, 0.1) is 17.1 Å². The summed E-state index contributed by atoms with van der Waals surface area (Å²) in [5.41, 5.74) is 0.239. The maximum absolute atomic E-state index is 12.7. The Morgan fingerprint density at radius 1 is 1.55 bits per heavy atom. The summed E-state index contributed by atoms with van der Waals surface area (Å²) in [6.45, 7) is 0. The van der Waals surface area contributed by atoms with Crippen molar-refractivity contribution in [3.63, 3.8) is 0 Å². The fourth-order valence-corrected chi connectivity index (χ4v) is 0.666. The standard InChI is InChI=1S/C7H5FN2O/c8-6-3-5(4-9)1-2-7(6)11-10/h1-3H,10H2. The first kappa shape index (κ1) is 7.51. The zero-order valence-electron chi connectivity index (χ0n) is 5.54. The van der Waals surface area contributed by atoms with Crippen molar-refractivity contribution in [1.29, 1.82) is 5.26 Å². The molecule has 0 aliphatic carbocycles. The van der Waals surface area contributed by atoms with Crippen LogP contribution in [0.15, 0.2) is 18.2 Å². The Morgan fingerprint density at radius 2 is 2.27 bits per heavy atom. The molecule has 4 heteroatoms. The molecule has 0 spiro atoms. The topological polar surface area (TPSA) is 59.0 Å². The minimum Gasteiger partial charge on any atom is -0.408 e. The molecule has 56 valence electrons. The van der Waals surface area contributed by atoms with Crippen LogP contribution in [0.1, 0.15) is 5.56 Å². The van der Waals surface area contributed by atoms with E-state index in [2.05, 4.69) is 4.84 Å². The van der Waals surface area contributed by atoms with Gasteiger partial charge in [0.1, 0.15) is 0 Å². The molecule has 1 aromatic rings. The Morgan fingerprint density at radius 3 is 2.73 bits per heavy atom. The normalized spacial score (nSPS) is 8.82. The Kier molecular flexibility index (Phi) is 2.04. The minimum absolute atomic E-state index is 0.0657. The van der Waals surface area contributed by atoms with Gasteiger partial charge in [0.15, 0.2) is 11.6 Å². The van der Waals surface area contributed by atoms with E-state index in [0.717, 1.165) is 6.07 Å². The van der Waals surface area contributed by atoms with Crippen molar-refractivity contribution >= 4 is 0 Å². The van der Waals surface area contributed by atoms with Gasteiger partial charge < -0.3 is 4.84 Å². The first-order valence-electron chi connectivity index (χ1n) is 2.84. The molecule has 0 heterocycles. The Bertz CT molecular complexity index is 306. The molecule has 0 saturated heterocycles. The summed E-state index contributed by atoms with van der Waals surface area (Å²) in [6.07, 6.45) is 0. The van der Waals surface area contributed by atoms with E-state index in [4.69, 9.17) is 11.2 Å². The van der Waals surface area contributed by atoms with Gasteiger partial charge in [0.05, 0.1) is 11.6 Å². The molecule has 1 rings (SSSR count). The number of nitrogens with zero attached hydrogens (tertiary/aromatic N) is 1. The number of hydrogen-bond acceptors (Lipinski definition) is 3. The third kappa shape index (κ3) is 1.45. The lowest BCUT2D eigenvalue weighted by molar-refractivity contribution is 0.315. The molecule has 2 N–H and O–H groups in total. The van der Waals surface area contributed by atoms with Crippen molar-refractivity contribution < 1.29 is 9.23 Å². The third-order valence-corrected chi connectivity index (χ3v) is 1.19. The molecule has 11 heavy (non-hydrogen) atoms. The molecule has 0 aromatic heterocycles. The molecule has 0 aliphatic heterocycles. The summed E-state index contributed by atoms with van der Waals surface area (Å²) in [4.78, 5) is 4.16. The van der Waals surface area contributed by atoms with E-state index in [1.807, 2.05) is 0 Å². The van der Waals surface area contributed by atoms with Gasteiger partial charge in [-0.3, -0.25) is 0 Å². The first-order chi connectivity index (χ1) is 5.27. The zero-order chi connectivity index (χ0) is 8.27. The molecule has 0 radical (unpaired) electrons. The van der Waals surface area contributed by atoms with Crippen molar-refractivity contribution in [2.24, 2.45) is 5.90 Å². The van der Waals surface area contributed by atoms with E-state index in [1.165, 1.54) is 12.1 Å². The van der Waals surface area contributed by atoms with Gasteiger partial charge in [-0.25, -0.2) is 4.39 Å². The second-order valence-electron chi connectivity index (χ2n) is 1.87. The number of benzene rings is 1. The number of hydrogen-bond donors (Lipinski definition) is 1. The highest BCUT2D eigenvalue weighted by Crippen LogP contribution is 2.15. The van der Waals surface area contributed by atoms with Gasteiger partial charge >= 0.3 is 0 Å². The predicted octanol–water partition coefficient (Wildman–Crippen LogP) is 0.950. The molecule has 3 nitrogen and oxygen atoms in total. The van der Waals surface area contributed by atoms with E-state index in [-0.39, 0.29) is 11.3 Å². The third-order valence-electron chi connectivity index (χ3n) is 1.19. The molecule has 1 aromatic carbocycles. The summed E-state index contributed by atoms with van der Waals surface area (Å²) in [7, 11) is 0. The second-order valence-corrected chi connectivity index (χ2v) is 1.87. The second kappa shape index (κ2) is 2.99. The molecule has 0 saturated carbocycles. The number of rotatable bonds is 1. The number of halogens is 1. The summed E-state index contributed by atoms with van der Waals surface area (Å²) >= 11 is 0. The Hall–Kier alpha value is -1.60. The van der Waals surface area contributed by atoms with Gasteiger partial charge in [-0.2, -0.15) is 11.2 Å². The quantitative estimate of drug-likeness (QED) is 0.609. The highest BCUT2D eigenvalue weighted by Gasteiger charge is 2.02. The fraction of sp³-hybridized carbons (Fsp3) is 0. The minimum atomic E-state index is -0.633. The maximum Gasteiger partial charge on any atom is 0.182 e. The van der Waals surface area contributed by atoms with E-state index >= 15 is 0 Å². The van der Waals surface area contributed by atoms with Gasteiger partial charge in [-0.05, 0) is 18.2 Å². The summed E-state index contributed by atoms with van der Waals surface area (Å²) < 4.78 is 12.7. The van der Waals surface area contributed by atoms with Crippen molar-refractivity contribution in [1.82, 2.24) is 0 Å². The van der Waals surface area contributed by atoms with Crippen molar-refractivity contribution in [2.45, 2.75) is 0 Å². The smallest absolute Gasteiger partial charge is 0.182 e. The van der Waals surface area contributed by atoms with Crippen LogP contribution in [0.3, 0.4) is 0 Å². The summed E-state index contributed by atoms with van der Waals surface area (Å²) in [5, 5.41) is 8.34. The van der Waals surface area contributed by atoms with Gasteiger partial charge in [-0.1, -0.05) is 0 Å². The molecule has 0 bridgehead atoms. The van der Waals surface area contributed by atoms with Gasteiger partial charge in [-0.15, -0.1) is 0 Å². The number of nitrogens with two attached hydrogens (primary N) is 1. The predicted molar refractivity (Wildman–Crippen MR) is 35.9 cm³/mol. The maximum atomic E-state index is 12.7. The van der Waals surface area contributed by atoms with Crippen molar-refractivity contribution in [3.05, 3.63) is 29.6 Å². The monoisotopic (exact) mass is 152 g/mol. The van der Waals surface area contributed by atoms with Crippen LogP contribution in [0.5, 0.6) is 5.75 Å². The number of nitriles is 1. The Labute approximate surface area is 62.8 Å². The molecule has 0 amide bonds. The van der Waals surface area contributed by atoms with Crippen LogP contribution in [-0.4, -0.2) is 0 Å². The van der Waals surface area contributed by atoms with Crippen LogP contribution < -0.4 is 10.7 Å². The van der Waals surface area contributed by atoms with E-state index < -0.39 is 5.82 Å². The van der Waals surface area contributed by atoms with Crippen LogP contribution in [0.25, 0.3) is 0 Å². The highest BCUT2D eigenvalue weighted by molar-refractivity contribution is 5.35. The molecular weight excluding hydrogens is 147 g/mol. The van der Waals surface area contributed by atoms with Crippen molar-refractivity contribution in [3.8, 4) is 11.8 Å². The van der Waals surface area contributed by atoms with Crippen LogP contribution in [0.4, 0.5) is 4.39 Å². The SMILES string of the molecule is N#Cc1ccc(ON)c(F)c1. The first-order valence-corrected chi connectivity index (χ1v) is 2.84. The van der Waals surface area contributed by atoms with Gasteiger partial charge in [0.25, 0.3) is 0 Å². The lowest BCUT2D eigenvalue weighted by atomic mass is 10.2. The lowest BCUT2D eigenvalue weighted by Crippen LogP contribution is -2.03. The molecule has 0 atom stereocenters. The highest BCUT2D eigenvalue weighted by atomic mass is 19.1. The molecule has 0 fully saturated rings. The molecular formula is C7H5FN2O. The zero-order valence-corrected chi connectivity index (χ0v) is 5.54. The van der Waals surface area contributed by atoms with E-state index in [1.54, 1.807) is 6.07 Å².